The quantitative estimate of drug-likeness (QED) is 0.303. The number of hydrogen-bond acceptors (Lipinski definition) is 17. The molecule has 2 saturated carbocycles. The van der Waals surface area contributed by atoms with Gasteiger partial charge in [0.05, 0.1) is 29.2 Å². The third kappa shape index (κ3) is 5.56. The van der Waals surface area contributed by atoms with E-state index in [0.717, 1.165) is 34.6 Å². The van der Waals surface area contributed by atoms with Crippen molar-refractivity contribution in [1.82, 2.24) is 4.98 Å². The third-order valence-electron chi connectivity index (χ3n) is 10.7. The molecule has 4 bridgehead atoms. The van der Waals surface area contributed by atoms with Crippen molar-refractivity contribution in [1.29, 1.82) is 0 Å². The van der Waals surface area contributed by atoms with Gasteiger partial charge in [-0.15, -0.1) is 0 Å². The van der Waals surface area contributed by atoms with E-state index in [9.17, 15) is 43.8 Å². The van der Waals surface area contributed by atoms with Crippen LogP contribution in [0.3, 0.4) is 0 Å². The fourth-order valence-electron chi connectivity index (χ4n) is 8.41. The van der Waals surface area contributed by atoms with Crippen LogP contribution in [0.25, 0.3) is 0 Å². The summed E-state index contributed by atoms with van der Waals surface area (Å²) in [5, 5.41) is 25.3. The van der Waals surface area contributed by atoms with Gasteiger partial charge in [-0.05, 0) is 26.0 Å². The second-order valence-electron chi connectivity index (χ2n) is 14.0. The molecular weight excluding hydrogens is 678 g/mol. The molecule has 0 aromatic carbocycles. The summed E-state index contributed by atoms with van der Waals surface area (Å²) in [6.07, 6.45) is -9.04. The molecule has 3 heterocycles. The van der Waals surface area contributed by atoms with Gasteiger partial charge in [0.2, 0.25) is 0 Å². The highest BCUT2D eigenvalue weighted by atomic mass is 16.7. The molecule has 1 aromatic rings. The average molecular weight is 720 g/mol. The first-order chi connectivity index (χ1) is 23.7. The Bertz CT molecular complexity index is 1670. The lowest BCUT2D eigenvalue weighted by atomic mass is 9.45. The summed E-state index contributed by atoms with van der Waals surface area (Å²) in [5.41, 5.74) is -10.1. The first kappa shape index (κ1) is 37.8. The van der Waals surface area contributed by atoms with Gasteiger partial charge >= 0.3 is 35.8 Å². The minimum absolute atomic E-state index is 0.0294. The van der Waals surface area contributed by atoms with Gasteiger partial charge in [-0.2, -0.15) is 0 Å². The summed E-state index contributed by atoms with van der Waals surface area (Å²) in [6, 6.07) is 2.89. The maximum Gasteiger partial charge on any atom is 0.340 e. The molecule has 1 aromatic heterocycles. The molecule has 2 aliphatic heterocycles. The highest BCUT2D eigenvalue weighted by Crippen LogP contribution is 2.68. The first-order valence-corrected chi connectivity index (χ1v) is 16.3. The summed E-state index contributed by atoms with van der Waals surface area (Å²) in [6.45, 7) is 7.48. The number of cyclic esters (lactones) is 1. The van der Waals surface area contributed by atoms with Gasteiger partial charge in [0.1, 0.15) is 35.4 Å². The molecular formula is C34H41NO16. The van der Waals surface area contributed by atoms with Crippen LogP contribution in [0.1, 0.15) is 77.4 Å². The number of esters is 6. The maximum atomic E-state index is 14.7. The van der Waals surface area contributed by atoms with Crippen LogP contribution in [0.15, 0.2) is 18.3 Å². The third-order valence-corrected chi connectivity index (χ3v) is 10.7. The van der Waals surface area contributed by atoms with E-state index in [1.807, 2.05) is 0 Å². The molecule has 0 unspecified atom stereocenters. The monoisotopic (exact) mass is 719 g/mol. The number of Topliss-reactive ketones (excluding diaryl/α,β-unsaturated/α-hetero) is 1. The van der Waals surface area contributed by atoms with Crippen molar-refractivity contribution in [2.75, 3.05) is 13.2 Å². The molecule has 2 N–H and O–H groups in total. The minimum atomic E-state index is -2.78. The Labute approximate surface area is 292 Å². The Morgan fingerprint density at radius 3 is 2.16 bits per heavy atom. The standard InChI is InChI=1S/C34H41NO16/c1-14-15(2)29(42)50-27-24(47-17(4)37)28(49-19(6)39)33(13-45-16(3)36)26(48-18(5)38)23(40)21-25(41)34(33,32(27,8)44)51-31(21,7)12-46-30(43)20-10-9-11-35-22(14)20/h9-11,14-15,21,24-28,41,44H,12-13H2,1-8H3/t14-,15-,21-,24+,25+,26-,27+,28+,31-,32-,33-,34+/m0/s1. The molecule has 3 fully saturated rings. The lowest BCUT2D eigenvalue weighted by Gasteiger charge is -2.66. The maximum absolute atomic E-state index is 14.7. The number of aliphatic hydroxyl groups is 2. The normalized spacial score (nSPS) is 40.2. The van der Waals surface area contributed by atoms with E-state index in [0.29, 0.717) is 0 Å². The number of rotatable bonds is 5. The number of pyridine rings is 1. The van der Waals surface area contributed by atoms with Crippen LogP contribution < -0.4 is 0 Å². The van der Waals surface area contributed by atoms with E-state index in [2.05, 4.69) is 4.98 Å². The number of hydrogen-bond donors (Lipinski definition) is 2. The Morgan fingerprint density at radius 2 is 1.57 bits per heavy atom. The molecule has 12 atom stereocenters. The van der Waals surface area contributed by atoms with Crippen LogP contribution in [-0.2, 0) is 61.9 Å². The molecule has 5 rings (SSSR count). The molecule has 2 aliphatic carbocycles. The van der Waals surface area contributed by atoms with Gasteiger partial charge in [0.25, 0.3) is 0 Å². The molecule has 1 spiro atoms. The van der Waals surface area contributed by atoms with Crippen molar-refractivity contribution in [2.45, 2.75) is 109 Å². The minimum Gasteiger partial charge on any atom is -0.465 e. The van der Waals surface area contributed by atoms with Crippen LogP contribution in [-0.4, -0.2) is 117 Å². The van der Waals surface area contributed by atoms with Crippen LogP contribution in [0.5, 0.6) is 0 Å². The number of aliphatic hydroxyl groups excluding tert-OH is 1. The average Bonchev–Trinajstić information content (AvgIpc) is 3.25. The number of fused-ring (bicyclic) bond motifs is 5. The molecule has 1 saturated heterocycles. The molecule has 17 heteroatoms. The van der Waals surface area contributed by atoms with Gasteiger partial charge in [-0.3, -0.25) is 33.8 Å². The van der Waals surface area contributed by atoms with Gasteiger partial charge in [0.15, 0.2) is 30.2 Å². The van der Waals surface area contributed by atoms with Crippen molar-refractivity contribution < 1.29 is 76.9 Å². The van der Waals surface area contributed by atoms with Crippen LogP contribution >= 0.6 is 0 Å². The van der Waals surface area contributed by atoms with Gasteiger partial charge in [-0.25, -0.2) is 4.79 Å². The molecule has 51 heavy (non-hydrogen) atoms. The number of nitrogens with zero attached hydrogens (tertiary/aromatic N) is 1. The summed E-state index contributed by atoms with van der Waals surface area (Å²) in [5.74, 6) is -10.8. The number of carbonyl (C=O) groups excluding carboxylic acids is 7. The molecule has 0 amide bonds. The van der Waals surface area contributed by atoms with Gasteiger partial charge in [0, 0.05) is 39.8 Å². The lowest BCUT2D eigenvalue weighted by Crippen LogP contribution is -2.88. The largest absolute Gasteiger partial charge is 0.465 e. The number of carbonyl (C=O) groups is 7. The smallest absolute Gasteiger partial charge is 0.340 e. The predicted octanol–water partition coefficient (Wildman–Crippen LogP) is 0.100. The van der Waals surface area contributed by atoms with E-state index in [4.69, 9.17) is 33.2 Å². The Kier molecular flexibility index (Phi) is 9.58. The number of ketones is 1. The van der Waals surface area contributed by atoms with Crippen molar-refractivity contribution in [3.8, 4) is 0 Å². The Balaban J connectivity index is 1.91. The van der Waals surface area contributed by atoms with Gasteiger partial charge < -0.3 is 43.4 Å². The number of aromatic nitrogens is 1. The highest BCUT2D eigenvalue weighted by Gasteiger charge is 2.90. The fourth-order valence-corrected chi connectivity index (χ4v) is 8.41. The zero-order valence-corrected chi connectivity index (χ0v) is 29.3. The topological polar surface area (TPSA) is 237 Å². The van der Waals surface area contributed by atoms with Crippen molar-refractivity contribution in [3.63, 3.8) is 0 Å². The van der Waals surface area contributed by atoms with Crippen molar-refractivity contribution >= 4 is 41.6 Å². The van der Waals surface area contributed by atoms with Crippen LogP contribution in [0, 0.1) is 17.3 Å². The van der Waals surface area contributed by atoms with Crippen LogP contribution in [0.4, 0.5) is 0 Å². The van der Waals surface area contributed by atoms with E-state index in [1.54, 1.807) is 6.92 Å². The summed E-state index contributed by atoms with van der Waals surface area (Å²) in [7, 11) is 0. The second-order valence-corrected chi connectivity index (χ2v) is 14.0. The zero-order chi connectivity index (χ0) is 38.0. The molecule has 4 aliphatic rings. The predicted molar refractivity (Wildman–Crippen MR) is 165 cm³/mol. The molecule has 17 nitrogen and oxygen atoms in total. The first-order valence-electron chi connectivity index (χ1n) is 16.3. The van der Waals surface area contributed by atoms with E-state index in [1.165, 1.54) is 32.2 Å². The second kappa shape index (κ2) is 12.9. The van der Waals surface area contributed by atoms with Gasteiger partial charge in [-0.1, -0.05) is 13.8 Å². The lowest BCUT2D eigenvalue weighted by molar-refractivity contribution is -0.376. The Morgan fingerprint density at radius 1 is 0.941 bits per heavy atom. The van der Waals surface area contributed by atoms with E-state index in [-0.39, 0.29) is 11.3 Å². The summed E-state index contributed by atoms with van der Waals surface area (Å²) in [4.78, 5) is 97.6. The zero-order valence-electron chi connectivity index (χ0n) is 29.3. The van der Waals surface area contributed by atoms with E-state index >= 15 is 0 Å². The fraction of sp³-hybridized carbons (Fsp3) is 0.647. The molecule has 0 radical (unpaired) electrons. The molecule has 278 valence electrons. The number of ether oxygens (including phenoxy) is 7. The van der Waals surface area contributed by atoms with Crippen molar-refractivity contribution in [2.24, 2.45) is 17.3 Å². The van der Waals surface area contributed by atoms with Crippen molar-refractivity contribution in [3.05, 3.63) is 29.6 Å². The van der Waals surface area contributed by atoms with E-state index < -0.39 is 125 Å². The summed E-state index contributed by atoms with van der Waals surface area (Å²) >= 11 is 0. The SMILES string of the molecule is CC(=O)OC[C@]12[C@H](OC(C)=O)[C@H](OC(C)=O)[C@H]3OC(=O)[C@@H](C)[C@H](C)c4ncccc4C(=O)OC[C@]4(C)O[C@]1([C@H](O)[C@@H]4C(=O)[C@@H]2OC(C)=O)[C@@]3(C)O. The Hall–Kier alpha value is -4.48. The summed E-state index contributed by atoms with van der Waals surface area (Å²) < 4.78 is 40.8. The highest BCUT2D eigenvalue weighted by molar-refractivity contribution is 5.94. The van der Waals surface area contributed by atoms with Crippen LogP contribution in [0.2, 0.25) is 0 Å².